The summed E-state index contributed by atoms with van der Waals surface area (Å²) in [5.74, 6) is -0.494. The number of aliphatic hydroxyl groups excluding tert-OH is 1. The van der Waals surface area contributed by atoms with Crippen LogP contribution in [0, 0.1) is 5.41 Å². The monoisotopic (exact) mass is 183 g/mol. The molecule has 3 nitrogen and oxygen atoms in total. The normalized spacial score (nSPS) is 20.7. The Labute approximate surface area is 75.0 Å². The molecule has 0 aromatic rings. The molecular formula is C9H10FNO2. The molecule has 0 saturated heterocycles. The van der Waals surface area contributed by atoms with Gasteiger partial charge in [-0.25, -0.2) is 4.39 Å². The van der Waals surface area contributed by atoms with Crippen molar-refractivity contribution in [2.24, 2.45) is 0 Å². The van der Waals surface area contributed by atoms with Crippen LogP contribution in [-0.2, 0) is 0 Å². The summed E-state index contributed by atoms with van der Waals surface area (Å²) in [5.41, 5.74) is 0.464. The van der Waals surface area contributed by atoms with E-state index in [1.165, 1.54) is 13.0 Å². The summed E-state index contributed by atoms with van der Waals surface area (Å²) >= 11 is 0. The molecule has 0 aliphatic heterocycles. The van der Waals surface area contributed by atoms with Crippen LogP contribution in [0.4, 0.5) is 4.39 Å². The molecule has 0 spiro atoms. The molecule has 0 fully saturated rings. The molecule has 1 rings (SSSR count). The van der Waals surface area contributed by atoms with Gasteiger partial charge >= 0.3 is 0 Å². The third-order valence-electron chi connectivity index (χ3n) is 1.79. The molecule has 0 aromatic carbocycles. The van der Waals surface area contributed by atoms with Crippen LogP contribution in [0.1, 0.15) is 6.92 Å². The lowest BCUT2D eigenvalue weighted by atomic mass is 9.99. The molecule has 1 aliphatic carbocycles. The van der Waals surface area contributed by atoms with E-state index in [1.54, 1.807) is 0 Å². The quantitative estimate of drug-likeness (QED) is 0.532. The van der Waals surface area contributed by atoms with Crippen LogP contribution in [0.15, 0.2) is 35.2 Å². The lowest BCUT2D eigenvalue weighted by molar-refractivity contribution is -0.00794. The van der Waals surface area contributed by atoms with Gasteiger partial charge in [-0.05, 0) is 30.7 Å². The predicted molar refractivity (Wildman–Crippen MR) is 47.0 cm³/mol. The van der Waals surface area contributed by atoms with E-state index < -0.39 is 12.1 Å². The number of hydrogen-bond donors (Lipinski definition) is 3. The van der Waals surface area contributed by atoms with Crippen molar-refractivity contribution >= 4 is 5.71 Å². The average molecular weight is 183 g/mol. The molecule has 1 aliphatic rings. The van der Waals surface area contributed by atoms with Crippen LogP contribution in [0.2, 0.25) is 0 Å². The summed E-state index contributed by atoms with van der Waals surface area (Å²) < 4.78 is 12.7. The minimum atomic E-state index is -1.65. The van der Waals surface area contributed by atoms with E-state index in [2.05, 4.69) is 0 Å². The van der Waals surface area contributed by atoms with Crippen molar-refractivity contribution in [3.8, 4) is 0 Å². The molecule has 3 N–H and O–H groups in total. The standard InChI is InChI=1S/C9H10FNO2/c1-5(9(12)13)7-4-6(10)2-3-8(7)11/h2-4,9,11-13H,1H3/b7-5+,11-8?. The highest BCUT2D eigenvalue weighted by atomic mass is 19.1. The van der Waals surface area contributed by atoms with Crippen LogP contribution >= 0.6 is 0 Å². The number of rotatable bonds is 1. The largest absolute Gasteiger partial charge is 0.365 e. The molecule has 0 saturated carbocycles. The second-order valence-corrected chi connectivity index (χ2v) is 2.75. The van der Waals surface area contributed by atoms with Gasteiger partial charge in [-0.1, -0.05) is 0 Å². The topological polar surface area (TPSA) is 64.3 Å². The first-order valence-electron chi connectivity index (χ1n) is 3.73. The Morgan fingerprint density at radius 2 is 2.08 bits per heavy atom. The van der Waals surface area contributed by atoms with Gasteiger partial charge in [0.1, 0.15) is 5.83 Å². The molecule has 0 radical (unpaired) electrons. The van der Waals surface area contributed by atoms with Crippen LogP contribution < -0.4 is 0 Å². The van der Waals surface area contributed by atoms with Gasteiger partial charge in [-0.2, -0.15) is 0 Å². The SMILES string of the molecule is C/C(=C1/C=C(F)C=CC1=N)C(O)O. The zero-order chi connectivity index (χ0) is 10.0. The van der Waals surface area contributed by atoms with Gasteiger partial charge in [0, 0.05) is 5.57 Å². The fourth-order valence-electron chi connectivity index (χ4n) is 0.982. The molecule has 0 heterocycles. The fraction of sp³-hybridized carbons (Fsp3) is 0.222. The Morgan fingerprint density at radius 1 is 1.46 bits per heavy atom. The lowest BCUT2D eigenvalue weighted by Crippen LogP contribution is -2.12. The van der Waals surface area contributed by atoms with Gasteiger partial charge < -0.3 is 15.6 Å². The predicted octanol–water partition coefficient (Wildman–Crippen LogP) is 1.06. The first-order chi connectivity index (χ1) is 6.02. The van der Waals surface area contributed by atoms with Crippen molar-refractivity contribution in [3.05, 3.63) is 35.2 Å². The number of hydrogen-bond acceptors (Lipinski definition) is 3. The molecule has 0 unspecified atom stereocenters. The molecule has 70 valence electrons. The molecule has 0 bridgehead atoms. The second kappa shape index (κ2) is 3.64. The third kappa shape index (κ3) is 2.11. The Hall–Kier alpha value is -1.26. The summed E-state index contributed by atoms with van der Waals surface area (Å²) in [7, 11) is 0. The van der Waals surface area contributed by atoms with Crippen LogP contribution in [0.25, 0.3) is 0 Å². The number of aliphatic hydroxyl groups is 2. The van der Waals surface area contributed by atoms with Gasteiger partial charge in [-0.15, -0.1) is 0 Å². The third-order valence-corrected chi connectivity index (χ3v) is 1.79. The van der Waals surface area contributed by atoms with Crippen LogP contribution in [0.3, 0.4) is 0 Å². The summed E-state index contributed by atoms with van der Waals surface area (Å²) in [6.45, 7) is 1.44. The molecule has 4 heteroatoms. The van der Waals surface area contributed by atoms with E-state index in [9.17, 15) is 4.39 Å². The molecule has 13 heavy (non-hydrogen) atoms. The van der Waals surface area contributed by atoms with Gasteiger partial charge in [0.25, 0.3) is 0 Å². The van der Waals surface area contributed by atoms with Crippen molar-refractivity contribution in [2.75, 3.05) is 0 Å². The highest BCUT2D eigenvalue weighted by molar-refractivity contribution is 6.10. The van der Waals surface area contributed by atoms with Crippen molar-refractivity contribution in [1.82, 2.24) is 0 Å². The summed E-state index contributed by atoms with van der Waals surface area (Å²) in [6, 6.07) is 0. The first kappa shape index (κ1) is 9.83. The summed E-state index contributed by atoms with van der Waals surface area (Å²) in [5, 5.41) is 25.0. The van der Waals surface area contributed by atoms with Gasteiger partial charge in [-0.3, -0.25) is 0 Å². The Balaban J connectivity index is 3.12. The number of nitrogens with one attached hydrogen (secondary N) is 1. The maximum Gasteiger partial charge on any atom is 0.174 e. The fourth-order valence-corrected chi connectivity index (χ4v) is 0.982. The first-order valence-corrected chi connectivity index (χ1v) is 3.73. The van der Waals surface area contributed by atoms with E-state index in [-0.39, 0.29) is 16.9 Å². The van der Waals surface area contributed by atoms with Crippen molar-refractivity contribution in [3.63, 3.8) is 0 Å². The van der Waals surface area contributed by atoms with Crippen LogP contribution in [0.5, 0.6) is 0 Å². The summed E-state index contributed by atoms with van der Waals surface area (Å²) in [6.07, 6.45) is 1.89. The lowest BCUT2D eigenvalue weighted by Gasteiger charge is -2.11. The number of halogens is 1. The Morgan fingerprint density at radius 3 is 2.62 bits per heavy atom. The highest BCUT2D eigenvalue weighted by Gasteiger charge is 2.13. The van der Waals surface area contributed by atoms with Crippen LogP contribution in [-0.4, -0.2) is 22.2 Å². The highest BCUT2D eigenvalue weighted by Crippen LogP contribution is 2.18. The van der Waals surface area contributed by atoms with Gasteiger partial charge in [0.15, 0.2) is 6.29 Å². The maximum atomic E-state index is 12.7. The van der Waals surface area contributed by atoms with E-state index in [0.29, 0.717) is 0 Å². The van der Waals surface area contributed by atoms with E-state index >= 15 is 0 Å². The Bertz CT molecular complexity index is 327. The zero-order valence-corrected chi connectivity index (χ0v) is 7.08. The van der Waals surface area contributed by atoms with E-state index in [0.717, 1.165) is 12.2 Å². The average Bonchev–Trinajstić information content (AvgIpc) is 2.08. The smallest absolute Gasteiger partial charge is 0.174 e. The second-order valence-electron chi connectivity index (χ2n) is 2.75. The Kier molecular flexibility index (Phi) is 2.75. The minimum Gasteiger partial charge on any atom is -0.365 e. The van der Waals surface area contributed by atoms with Crippen molar-refractivity contribution in [2.45, 2.75) is 13.2 Å². The van der Waals surface area contributed by atoms with Crippen molar-refractivity contribution in [1.29, 1.82) is 5.41 Å². The number of allylic oxidation sites excluding steroid dienone is 5. The van der Waals surface area contributed by atoms with Crippen molar-refractivity contribution < 1.29 is 14.6 Å². The summed E-state index contributed by atoms with van der Waals surface area (Å²) in [4.78, 5) is 0. The maximum absolute atomic E-state index is 12.7. The molecule has 0 aromatic heterocycles. The molecule has 0 atom stereocenters. The van der Waals surface area contributed by atoms with E-state index in [1.807, 2.05) is 0 Å². The molecule has 0 amide bonds. The van der Waals surface area contributed by atoms with Gasteiger partial charge in [0.2, 0.25) is 0 Å². The minimum absolute atomic E-state index is 0.0759. The molecular weight excluding hydrogens is 173 g/mol. The van der Waals surface area contributed by atoms with E-state index in [4.69, 9.17) is 15.6 Å². The van der Waals surface area contributed by atoms with Gasteiger partial charge in [0.05, 0.1) is 5.71 Å². The zero-order valence-electron chi connectivity index (χ0n) is 7.08.